The standard InChI is InChI=1S/C26H31N9O4S/c1-4-27-25(36)31-21-12-19(24-30-16(2)15-40-24)20(14-28-21)18-11-17(22-32-33-26(37)39-22)13-29-23(18)38-10-9-35-7-5-34(3)6-8-35/h11-15H,4-10H2,1-3H3,(H,33,37)(H2,27,28,31,36). The number of amides is 2. The third-order valence-corrected chi connectivity index (χ3v) is 7.39. The summed E-state index contributed by atoms with van der Waals surface area (Å²) in [6, 6.07) is 3.22. The summed E-state index contributed by atoms with van der Waals surface area (Å²) in [7, 11) is 2.12. The number of anilines is 1. The molecular weight excluding hydrogens is 534 g/mol. The van der Waals surface area contributed by atoms with Gasteiger partial charge in [0.1, 0.15) is 17.4 Å². The fraction of sp³-hybridized carbons (Fsp3) is 0.385. The van der Waals surface area contributed by atoms with Gasteiger partial charge in [0.25, 0.3) is 5.89 Å². The Morgan fingerprint density at radius 3 is 2.67 bits per heavy atom. The maximum absolute atomic E-state index is 12.2. The molecule has 0 atom stereocenters. The lowest BCUT2D eigenvalue weighted by Gasteiger charge is -2.32. The van der Waals surface area contributed by atoms with Crippen molar-refractivity contribution in [3.05, 3.63) is 46.2 Å². The summed E-state index contributed by atoms with van der Waals surface area (Å²) in [6.07, 6.45) is 3.21. The summed E-state index contributed by atoms with van der Waals surface area (Å²) in [4.78, 5) is 42.2. The number of urea groups is 1. The first-order valence-corrected chi connectivity index (χ1v) is 13.8. The Morgan fingerprint density at radius 1 is 1.15 bits per heavy atom. The van der Waals surface area contributed by atoms with E-state index < -0.39 is 5.76 Å². The normalized spacial score (nSPS) is 14.3. The van der Waals surface area contributed by atoms with Crippen LogP contribution in [0.3, 0.4) is 0 Å². The van der Waals surface area contributed by atoms with Crippen LogP contribution >= 0.6 is 11.3 Å². The molecule has 210 valence electrons. The summed E-state index contributed by atoms with van der Waals surface area (Å²) in [5.41, 5.74) is 3.42. The highest BCUT2D eigenvalue weighted by atomic mass is 32.1. The van der Waals surface area contributed by atoms with E-state index in [0.717, 1.165) is 49.0 Å². The largest absolute Gasteiger partial charge is 0.476 e. The summed E-state index contributed by atoms with van der Waals surface area (Å²) < 4.78 is 11.4. The second-order valence-electron chi connectivity index (χ2n) is 9.38. The van der Waals surface area contributed by atoms with Crippen molar-refractivity contribution in [1.29, 1.82) is 0 Å². The molecule has 1 saturated heterocycles. The number of carbonyl (C=O) groups is 1. The van der Waals surface area contributed by atoms with Crippen LogP contribution < -0.4 is 21.1 Å². The number of hydrogen-bond acceptors (Lipinski definition) is 11. The van der Waals surface area contributed by atoms with Crippen molar-refractivity contribution < 1.29 is 13.9 Å². The van der Waals surface area contributed by atoms with E-state index in [1.54, 1.807) is 24.5 Å². The number of carbonyl (C=O) groups excluding carboxylic acids is 1. The molecule has 1 fully saturated rings. The van der Waals surface area contributed by atoms with Gasteiger partial charge in [0, 0.05) is 79.4 Å². The first-order valence-electron chi connectivity index (χ1n) is 13.0. The average Bonchev–Trinajstić information content (AvgIpc) is 3.58. The molecule has 0 spiro atoms. The zero-order valence-electron chi connectivity index (χ0n) is 22.6. The third-order valence-electron chi connectivity index (χ3n) is 6.40. The predicted octanol–water partition coefficient (Wildman–Crippen LogP) is 2.69. The minimum atomic E-state index is -0.662. The number of thiazole rings is 1. The number of aromatic nitrogens is 5. The number of nitrogens with one attached hydrogen (secondary N) is 3. The number of likely N-dealkylation sites (N-methyl/N-ethyl adjacent to an activating group) is 1. The summed E-state index contributed by atoms with van der Waals surface area (Å²) in [5.74, 6) is 0.219. The van der Waals surface area contributed by atoms with Gasteiger partial charge in [-0.3, -0.25) is 10.2 Å². The summed E-state index contributed by atoms with van der Waals surface area (Å²) in [6.45, 7) is 9.45. The van der Waals surface area contributed by atoms with Crippen LogP contribution in [0.1, 0.15) is 12.6 Å². The molecule has 1 aliphatic heterocycles. The molecule has 3 N–H and O–H groups in total. The molecule has 0 aromatic carbocycles. The molecule has 0 aliphatic carbocycles. The molecule has 4 aromatic heterocycles. The quantitative estimate of drug-likeness (QED) is 0.276. The van der Waals surface area contributed by atoms with E-state index in [0.29, 0.717) is 41.5 Å². The number of pyridine rings is 2. The maximum Gasteiger partial charge on any atom is 0.434 e. The van der Waals surface area contributed by atoms with Gasteiger partial charge in [0.05, 0.1) is 5.56 Å². The van der Waals surface area contributed by atoms with Crippen LogP contribution in [0.25, 0.3) is 33.2 Å². The van der Waals surface area contributed by atoms with E-state index in [4.69, 9.17) is 9.15 Å². The molecule has 5 heterocycles. The molecular formula is C26H31N9O4S. The number of H-pyrrole nitrogens is 1. The predicted molar refractivity (Wildman–Crippen MR) is 152 cm³/mol. The molecule has 0 radical (unpaired) electrons. The third kappa shape index (κ3) is 6.52. The Kier molecular flexibility index (Phi) is 8.48. The highest BCUT2D eigenvalue weighted by Gasteiger charge is 2.21. The zero-order valence-corrected chi connectivity index (χ0v) is 23.4. The first kappa shape index (κ1) is 27.4. The summed E-state index contributed by atoms with van der Waals surface area (Å²) >= 11 is 1.48. The van der Waals surface area contributed by atoms with Crippen molar-refractivity contribution >= 4 is 23.2 Å². The SMILES string of the molecule is CCNC(=O)Nc1cc(-c2nc(C)cs2)c(-c2cc(-c3n[nH]c(=O)o3)cnc2OCCN2CCN(C)CC2)cn1. The molecule has 5 rings (SSSR count). The minimum absolute atomic E-state index is 0.108. The lowest BCUT2D eigenvalue weighted by molar-refractivity contribution is 0.132. The van der Waals surface area contributed by atoms with Crippen molar-refractivity contribution in [2.24, 2.45) is 0 Å². The Hall–Kier alpha value is -4.14. The van der Waals surface area contributed by atoms with E-state index in [1.807, 2.05) is 19.2 Å². The Bertz CT molecular complexity index is 1520. The van der Waals surface area contributed by atoms with Crippen molar-refractivity contribution in [2.45, 2.75) is 13.8 Å². The van der Waals surface area contributed by atoms with Crippen molar-refractivity contribution in [1.82, 2.24) is 40.3 Å². The van der Waals surface area contributed by atoms with Gasteiger partial charge in [0.15, 0.2) is 0 Å². The van der Waals surface area contributed by atoms with Crippen LogP contribution in [-0.4, -0.2) is 93.9 Å². The van der Waals surface area contributed by atoms with Gasteiger partial charge >= 0.3 is 11.8 Å². The van der Waals surface area contributed by atoms with Gasteiger partial charge in [-0.2, -0.15) is 0 Å². The lowest BCUT2D eigenvalue weighted by Crippen LogP contribution is -2.45. The summed E-state index contributed by atoms with van der Waals surface area (Å²) in [5, 5.41) is 14.4. The Labute approximate surface area is 234 Å². The molecule has 0 saturated carbocycles. The number of aryl methyl sites for hydroxylation is 1. The fourth-order valence-corrected chi connectivity index (χ4v) is 5.11. The average molecular weight is 566 g/mol. The molecule has 14 heteroatoms. The molecule has 0 bridgehead atoms. The van der Waals surface area contributed by atoms with Crippen LogP contribution in [0.15, 0.2) is 39.1 Å². The monoisotopic (exact) mass is 565 g/mol. The Morgan fingerprint density at radius 2 is 1.98 bits per heavy atom. The number of nitrogens with zero attached hydrogens (tertiary/aromatic N) is 6. The van der Waals surface area contributed by atoms with Crippen LogP contribution in [0.4, 0.5) is 10.6 Å². The van der Waals surface area contributed by atoms with Crippen LogP contribution in [0, 0.1) is 6.92 Å². The van der Waals surface area contributed by atoms with Crippen molar-refractivity contribution in [2.75, 3.05) is 58.2 Å². The number of ether oxygens (including phenoxy) is 1. The molecule has 1 aliphatic rings. The first-order chi connectivity index (χ1) is 19.4. The van der Waals surface area contributed by atoms with Crippen LogP contribution in [0.5, 0.6) is 5.88 Å². The number of piperazine rings is 1. The maximum atomic E-state index is 12.2. The van der Waals surface area contributed by atoms with E-state index >= 15 is 0 Å². The molecule has 13 nitrogen and oxygen atoms in total. The van der Waals surface area contributed by atoms with Crippen molar-refractivity contribution in [3.63, 3.8) is 0 Å². The van der Waals surface area contributed by atoms with Crippen LogP contribution in [-0.2, 0) is 0 Å². The van der Waals surface area contributed by atoms with Gasteiger partial charge in [-0.05, 0) is 33.0 Å². The molecule has 4 aromatic rings. The number of rotatable bonds is 9. The number of hydrogen-bond donors (Lipinski definition) is 3. The molecule has 2 amide bonds. The molecule has 0 unspecified atom stereocenters. The highest BCUT2D eigenvalue weighted by molar-refractivity contribution is 7.13. The lowest BCUT2D eigenvalue weighted by atomic mass is 10.0. The van der Waals surface area contributed by atoms with E-state index in [2.05, 4.69) is 52.6 Å². The zero-order chi connectivity index (χ0) is 28.1. The fourth-order valence-electron chi connectivity index (χ4n) is 4.29. The van der Waals surface area contributed by atoms with Crippen LogP contribution in [0.2, 0.25) is 0 Å². The topological polar surface area (TPSA) is 154 Å². The van der Waals surface area contributed by atoms with Gasteiger partial charge < -0.3 is 19.4 Å². The Balaban J connectivity index is 1.52. The van der Waals surface area contributed by atoms with Gasteiger partial charge in [-0.15, -0.1) is 16.4 Å². The van der Waals surface area contributed by atoms with E-state index in [-0.39, 0.29) is 11.9 Å². The molecule has 40 heavy (non-hydrogen) atoms. The highest BCUT2D eigenvalue weighted by Crippen LogP contribution is 2.39. The van der Waals surface area contributed by atoms with Gasteiger partial charge in [-0.25, -0.2) is 29.6 Å². The van der Waals surface area contributed by atoms with E-state index in [9.17, 15) is 9.59 Å². The van der Waals surface area contributed by atoms with Gasteiger partial charge in [-0.1, -0.05) is 0 Å². The second kappa shape index (κ2) is 12.4. The smallest absolute Gasteiger partial charge is 0.434 e. The van der Waals surface area contributed by atoms with Crippen molar-refractivity contribution in [3.8, 4) is 39.0 Å². The van der Waals surface area contributed by atoms with E-state index in [1.165, 1.54) is 11.3 Å². The van der Waals surface area contributed by atoms with Gasteiger partial charge in [0.2, 0.25) is 5.88 Å². The minimum Gasteiger partial charge on any atom is -0.476 e. The second-order valence-corrected chi connectivity index (χ2v) is 10.2. The number of aromatic amines is 1.